The Bertz CT molecular complexity index is 769. The highest BCUT2D eigenvalue weighted by Gasteiger charge is 2.59. The van der Waals surface area contributed by atoms with Crippen LogP contribution in [0.15, 0.2) is 23.8 Å². The van der Waals surface area contributed by atoms with Crippen LogP contribution < -0.4 is 4.74 Å². The molecule has 1 unspecified atom stereocenters. The third-order valence-corrected chi connectivity index (χ3v) is 7.06. The number of aliphatic hydroxyl groups is 1. The topological polar surface area (TPSA) is 29.5 Å². The molecule has 4 rings (SSSR count). The number of hydrogen-bond donors (Lipinski definition) is 1. The molecular formula is C22H26O2. The van der Waals surface area contributed by atoms with E-state index in [2.05, 4.69) is 38.0 Å². The lowest BCUT2D eigenvalue weighted by Crippen LogP contribution is -2.47. The van der Waals surface area contributed by atoms with Crippen LogP contribution >= 0.6 is 0 Å². The van der Waals surface area contributed by atoms with E-state index in [1.165, 1.54) is 16.7 Å². The maximum atomic E-state index is 11.0. The van der Waals surface area contributed by atoms with Gasteiger partial charge in [-0.25, -0.2) is 0 Å². The highest BCUT2D eigenvalue weighted by atomic mass is 16.5. The molecule has 3 aliphatic carbocycles. The van der Waals surface area contributed by atoms with Gasteiger partial charge in [0.25, 0.3) is 0 Å². The molecular weight excluding hydrogens is 296 g/mol. The summed E-state index contributed by atoms with van der Waals surface area (Å²) in [6.07, 6.45) is 10.5. The second-order valence-corrected chi connectivity index (χ2v) is 8.08. The van der Waals surface area contributed by atoms with Gasteiger partial charge in [-0.05, 0) is 72.8 Å². The SMILES string of the molecule is C#C[C@]1(O)CC[C@H]2C3=C(CC[C@@]21C)c1ccc(OC)cc1CC3C. The summed E-state index contributed by atoms with van der Waals surface area (Å²) < 4.78 is 5.41. The van der Waals surface area contributed by atoms with Crippen LogP contribution in [0.5, 0.6) is 5.75 Å². The van der Waals surface area contributed by atoms with Crippen molar-refractivity contribution >= 4 is 5.57 Å². The lowest BCUT2D eigenvalue weighted by Gasteiger charge is -2.48. The summed E-state index contributed by atoms with van der Waals surface area (Å²) in [6.45, 7) is 4.54. The average Bonchev–Trinajstić information content (AvgIpc) is 2.86. The summed E-state index contributed by atoms with van der Waals surface area (Å²) in [5.74, 6) is 4.59. The zero-order chi connectivity index (χ0) is 17.1. The van der Waals surface area contributed by atoms with E-state index < -0.39 is 5.60 Å². The van der Waals surface area contributed by atoms with Crippen LogP contribution in [0, 0.1) is 29.6 Å². The van der Waals surface area contributed by atoms with E-state index in [-0.39, 0.29) is 5.41 Å². The van der Waals surface area contributed by atoms with Crippen LogP contribution in [-0.2, 0) is 6.42 Å². The lowest BCUT2D eigenvalue weighted by atomic mass is 9.57. The first-order valence-corrected chi connectivity index (χ1v) is 9.04. The number of ether oxygens (including phenoxy) is 1. The Morgan fingerprint density at radius 1 is 1.33 bits per heavy atom. The number of hydrogen-bond acceptors (Lipinski definition) is 2. The molecule has 1 saturated carbocycles. The molecule has 0 saturated heterocycles. The molecule has 2 heteroatoms. The van der Waals surface area contributed by atoms with Crippen molar-refractivity contribution in [2.75, 3.05) is 7.11 Å². The van der Waals surface area contributed by atoms with E-state index in [4.69, 9.17) is 11.2 Å². The van der Waals surface area contributed by atoms with Crippen LogP contribution in [0.1, 0.15) is 50.7 Å². The van der Waals surface area contributed by atoms with Gasteiger partial charge in [0.2, 0.25) is 0 Å². The van der Waals surface area contributed by atoms with E-state index >= 15 is 0 Å². The minimum Gasteiger partial charge on any atom is -0.497 e. The Morgan fingerprint density at radius 3 is 2.83 bits per heavy atom. The van der Waals surface area contributed by atoms with E-state index in [0.29, 0.717) is 11.8 Å². The number of benzene rings is 1. The van der Waals surface area contributed by atoms with E-state index in [1.807, 2.05) is 0 Å². The number of allylic oxidation sites excluding steroid dienone is 2. The van der Waals surface area contributed by atoms with Gasteiger partial charge in [-0.15, -0.1) is 6.42 Å². The van der Waals surface area contributed by atoms with Gasteiger partial charge in [0, 0.05) is 5.41 Å². The van der Waals surface area contributed by atoms with Gasteiger partial charge < -0.3 is 9.84 Å². The Hall–Kier alpha value is -1.72. The first-order chi connectivity index (χ1) is 11.4. The summed E-state index contributed by atoms with van der Waals surface area (Å²) >= 11 is 0. The molecule has 0 amide bonds. The van der Waals surface area contributed by atoms with Gasteiger partial charge >= 0.3 is 0 Å². The molecule has 4 atom stereocenters. The quantitative estimate of drug-likeness (QED) is 0.785. The van der Waals surface area contributed by atoms with Gasteiger partial charge in [-0.2, -0.15) is 0 Å². The maximum absolute atomic E-state index is 11.0. The molecule has 0 heterocycles. The minimum absolute atomic E-state index is 0.182. The largest absolute Gasteiger partial charge is 0.497 e. The van der Waals surface area contributed by atoms with Crippen molar-refractivity contribution in [3.05, 3.63) is 34.9 Å². The van der Waals surface area contributed by atoms with Crippen LogP contribution in [-0.4, -0.2) is 17.8 Å². The number of fused-ring (bicyclic) bond motifs is 4. The molecule has 1 aromatic rings. The molecule has 0 aliphatic heterocycles. The first kappa shape index (κ1) is 15.8. The summed E-state index contributed by atoms with van der Waals surface area (Å²) in [6, 6.07) is 6.48. The summed E-state index contributed by atoms with van der Waals surface area (Å²) in [5.41, 5.74) is 4.73. The highest BCUT2D eigenvalue weighted by Crippen LogP contribution is 2.62. The van der Waals surface area contributed by atoms with Crippen molar-refractivity contribution in [1.82, 2.24) is 0 Å². The molecule has 2 nitrogen and oxygen atoms in total. The Balaban J connectivity index is 1.85. The standard InChI is InChI=1S/C22H26O2/c1-5-22(23)11-9-19-20-14(2)12-15-13-16(24-4)6-7-17(15)18(20)8-10-21(19,22)3/h1,6-7,13-14,19,23H,8-12H2,2-4H3/t14?,19-,21-,22-/m0/s1. The smallest absolute Gasteiger partial charge is 0.131 e. The van der Waals surface area contributed by atoms with Crippen molar-refractivity contribution in [3.63, 3.8) is 0 Å². The second-order valence-electron chi connectivity index (χ2n) is 8.08. The van der Waals surface area contributed by atoms with Crippen molar-refractivity contribution in [1.29, 1.82) is 0 Å². The van der Waals surface area contributed by atoms with Crippen LogP contribution in [0.3, 0.4) is 0 Å². The maximum Gasteiger partial charge on any atom is 0.131 e. The van der Waals surface area contributed by atoms with Gasteiger partial charge in [-0.1, -0.05) is 31.4 Å². The number of terminal acetylenes is 1. The van der Waals surface area contributed by atoms with Gasteiger partial charge in [-0.3, -0.25) is 0 Å². The second kappa shape index (κ2) is 5.14. The molecule has 0 bridgehead atoms. The molecule has 126 valence electrons. The molecule has 24 heavy (non-hydrogen) atoms. The van der Waals surface area contributed by atoms with Crippen LogP contribution in [0.2, 0.25) is 0 Å². The lowest BCUT2D eigenvalue weighted by molar-refractivity contribution is -0.0227. The third-order valence-electron chi connectivity index (χ3n) is 7.06. The van der Waals surface area contributed by atoms with Crippen molar-refractivity contribution in [3.8, 4) is 18.1 Å². The molecule has 0 aromatic heterocycles. The molecule has 0 spiro atoms. The molecule has 1 fully saturated rings. The Kier molecular flexibility index (Phi) is 3.38. The summed E-state index contributed by atoms with van der Waals surface area (Å²) in [4.78, 5) is 0. The third kappa shape index (κ3) is 1.88. The normalized spacial score (nSPS) is 37.3. The summed E-state index contributed by atoms with van der Waals surface area (Å²) in [7, 11) is 1.73. The van der Waals surface area contributed by atoms with E-state index in [1.54, 1.807) is 12.7 Å². The highest BCUT2D eigenvalue weighted by molar-refractivity contribution is 5.76. The van der Waals surface area contributed by atoms with Gasteiger partial charge in [0.15, 0.2) is 0 Å². The van der Waals surface area contributed by atoms with Gasteiger partial charge in [0.05, 0.1) is 7.11 Å². The average molecular weight is 322 g/mol. The first-order valence-electron chi connectivity index (χ1n) is 9.04. The van der Waals surface area contributed by atoms with E-state index in [0.717, 1.165) is 37.9 Å². The zero-order valence-electron chi connectivity index (χ0n) is 14.9. The number of rotatable bonds is 1. The Morgan fingerprint density at radius 2 is 2.12 bits per heavy atom. The predicted octanol–water partition coefficient (Wildman–Crippen LogP) is 4.22. The Labute approximate surface area is 144 Å². The van der Waals surface area contributed by atoms with Crippen molar-refractivity contribution in [2.45, 2.75) is 51.6 Å². The van der Waals surface area contributed by atoms with Crippen molar-refractivity contribution < 1.29 is 9.84 Å². The van der Waals surface area contributed by atoms with Crippen LogP contribution in [0.4, 0.5) is 0 Å². The minimum atomic E-state index is -0.948. The fraction of sp³-hybridized carbons (Fsp3) is 0.545. The number of methoxy groups -OCH3 is 1. The predicted molar refractivity (Wildman–Crippen MR) is 96.6 cm³/mol. The molecule has 0 radical (unpaired) electrons. The van der Waals surface area contributed by atoms with E-state index in [9.17, 15) is 5.11 Å². The van der Waals surface area contributed by atoms with Crippen LogP contribution in [0.25, 0.3) is 5.57 Å². The molecule has 1 N–H and O–H groups in total. The zero-order valence-corrected chi connectivity index (χ0v) is 14.9. The molecule has 3 aliphatic rings. The van der Waals surface area contributed by atoms with Crippen molar-refractivity contribution in [2.24, 2.45) is 17.3 Å². The fourth-order valence-electron chi connectivity index (χ4n) is 5.63. The molecule has 1 aromatic carbocycles. The fourth-order valence-corrected chi connectivity index (χ4v) is 5.63. The monoisotopic (exact) mass is 322 g/mol. The van der Waals surface area contributed by atoms with Gasteiger partial charge in [0.1, 0.15) is 11.4 Å². The summed E-state index contributed by atoms with van der Waals surface area (Å²) in [5, 5.41) is 11.0.